The first kappa shape index (κ1) is 11.7. The molecule has 1 saturated carbocycles. The first-order valence-corrected chi connectivity index (χ1v) is 6.80. The summed E-state index contributed by atoms with van der Waals surface area (Å²) in [5.74, 6) is 0.152. The maximum Gasteiger partial charge on any atom is 0.247 e. The molecule has 1 unspecified atom stereocenters. The van der Waals surface area contributed by atoms with Gasteiger partial charge in [0, 0.05) is 4.47 Å². The largest absolute Gasteiger partial charge is 0.342 e. The van der Waals surface area contributed by atoms with Gasteiger partial charge in [-0.25, -0.2) is 0 Å². The van der Waals surface area contributed by atoms with Crippen LogP contribution in [-0.2, 0) is 9.59 Å². The monoisotopic (exact) mass is 308 g/mol. The summed E-state index contributed by atoms with van der Waals surface area (Å²) in [6.45, 7) is 0. The first-order chi connectivity index (χ1) is 8.65. The smallest absolute Gasteiger partial charge is 0.247 e. The molecule has 1 saturated heterocycles. The van der Waals surface area contributed by atoms with Crippen LogP contribution in [0.4, 0.5) is 0 Å². The molecule has 2 atom stereocenters. The number of amides is 2. The SMILES string of the molecule is O=C1N[C@@H](C2CC2)C(=O)NC1c1ccc(Br)cc1. The predicted octanol–water partition coefficient (Wildman–Crippen LogP) is 1.51. The number of carbonyl (C=O) groups excluding carboxylic acids is 2. The number of piperazine rings is 1. The molecule has 2 N–H and O–H groups in total. The number of benzene rings is 1. The highest BCUT2D eigenvalue weighted by molar-refractivity contribution is 9.10. The standard InChI is InChI=1S/C13H13BrN2O2/c14-9-5-3-8(4-6-9)11-13(18)15-10(7-1-2-7)12(17)16-11/h3-7,10-11H,1-2H2,(H,15,18)(H,16,17)/t10-,11?/m0/s1. The Bertz CT molecular complexity index is 496. The van der Waals surface area contributed by atoms with Gasteiger partial charge in [0.15, 0.2) is 0 Å². The van der Waals surface area contributed by atoms with E-state index in [0.717, 1.165) is 22.9 Å². The van der Waals surface area contributed by atoms with E-state index in [2.05, 4.69) is 26.6 Å². The Morgan fingerprint density at radius 1 is 1.00 bits per heavy atom. The zero-order chi connectivity index (χ0) is 12.7. The van der Waals surface area contributed by atoms with Crippen molar-refractivity contribution >= 4 is 27.7 Å². The van der Waals surface area contributed by atoms with Crippen LogP contribution in [0.5, 0.6) is 0 Å². The highest BCUT2D eigenvalue weighted by Crippen LogP contribution is 2.34. The fourth-order valence-corrected chi connectivity index (χ4v) is 2.52. The van der Waals surface area contributed by atoms with Crippen LogP contribution >= 0.6 is 15.9 Å². The Morgan fingerprint density at radius 3 is 2.28 bits per heavy atom. The normalized spacial score (nSPS) is 27.6. The van der Waals surface area contributed by atoms with Crippen molar-refractivity contribution in [1.82, 2.24) is 10.6 Å². The molecule has 0 bridgehead atoms. The minimum absolute atomic E-state index is 0.0648. The van der Waals surface area contributed by atoms with E-state index in [-0.39, 0.29) is 17.9 Å². The van der Waals surface area contributed by atoms with E-state index >= 15 is 0 Å². The zero-order valence-corrected chi connectivity index (χ0v) is 11.2. The Hall–Kier alpha value is -1.36. The molecule has 2 fully saturated rings. The summed E-state index contributed by atoms with van der Waals surface area (Å²) < 4.78 is 0.949. The molecule has 0 radical (unpaired) electrons. The van der Waals surface area contributed by atoms with Gasteiger partial charge in [0.2, 0.25) is 11.8 Å². The zero-order valence-electron chi connectivity index (χ0n) is 9.65. The van der Waals surface area contributed by atoms with Crippen molar-refractivity contribution in [3.05, 3.63) is 34.3 Å². The first-order valence-electron chi connectivity index (χ1n) is 6.01. The molecule has 1 aliphatic carbocycles. The molecule has 4 nitrogen and oxygen atoms in total. The lowest BCUT2D eigenvalue weighted by Crippen LogP contribution is -2.58. The number of nitrogens with one attached hydrogen (secondary N) is 2. The van der Waals surface area contributed by atoms with E-state index < -0.39 is 6.04 Å². The average molecular weight is 309 g/mol. The van der Waals surface area contributed by atoms with Crippen LogP contribution in [0.2, 0.25) is 0 Å². The van der Waals surface area contributed by atoms with Crippen molar-refractivity contribution in [1.29, 1.82) is 0 Å². The Kier molecular flexibility index (Phi) is 2.86. The second kappa shape index (κ2) is 4.39. The maximum absolute atomic E-state index is 12.0. The molecular formula is C13H13BrN2O2. The van der Waals surface area contributed by atoms with Crippen LogP contribution in [0.15, 0.2) is 28.7 Å². The summed E-state index contributed by atoms with van der Waals surface area (Å²) in [5.41, 5.74) is 0.804. The minimum atomic E-state index is -0.569. The molecule has 1 aromatic rings. The van der Waals surface area contributed by atoms with Crippen molar-refractivity contribution in [3.8, 4) is 0 Å². The van der Waals surface area contributed by atoms with Gasteiger partial charge in [-0.05, 0) is 36.5 Å². The molecule has 5 heteroatoms. The maximum atomic E-state index is 12.0. The molecule has 0 spiro atoms. The fourth-order valence-electron chi connectivity index (χ4n) is 2.25. The van der Waals surface area contributed by atoms with Crippen molar-refractivity contribution in [2.45, 2.75) is 24.9 Å². The van der Waals surface area contributed by atoms with Crippen molar-refractivity contribution in [2.75, 3.05) is 0 Å². The number of rotatable bonds is 2. The van der Waals surface area contributed by atoms with Crippen LogP contribution < -0.4 is 10.6 Å². The van der Waals surface area contributed by atoms with E-state index in [1.54, 1.807) is 0 Å². The summed E-state index contributed by atoms with van der Waals surface area (Å²) in [6, 6.07) is 6.51. The lowest BCUT2D eigenvalue weighted by atomic mass is 10.0. The molecule has 0 aromatic heterocycles. The molecule has 2 amide bonds. The Balaban J connectivity index is 1.79. The van der Waals surface area contributed by atoms with E-state index in [1.807, 2.05) is 24.3 Å². The summed E-state index contributed by atoms with van der Waals surface area (Å²) in [4.78, 5) is 24.0. The van der Waals surface area contributed by atoms with E-state index in [1.165, 1.54) is 0 Å². The third-order valence-electron chi connectivity index (χ3n) is 3.43. The summed E-state index contributed by atoms with van der Waals surface area (Å²) in [7, 11) is 0. The van der Waals surface area contributed by atoms with E-state index in [4.69, 9.17) is 0 Å². The molecule has 2 aliphatic rings. The average Bonchev–Trinajstić information content (AvgIpc) is 3.17. The fraction of sp³-hybridized carbons (Fsp3) is 0.385. The van der Waals surface area contributed by atoms with Crippen molar-refractivity contribution in [2.24, 2.45) is 5.92 Å². The molecule has 18 heavy (non-hydrogen) atoms. The molecular weight excluding hydrogens is 296 g/mol. The third-order valence-corrected chi connectivity index (χ3v) is 3.95. The highest BCUT2D eigenvalue weighted by atomic mass is 79.9. The van der Waals surface area contributed by atoms with Gasteiger partial charge in [-0.2, -0.15) is 0 Å². The van der Waals surface area contributed by atoms with Gasteiger partial charge in [0.05, 0.1) is 0 Å². The Labute approximate surface area is 113 Å². The van der Waals surface area contributed by atoms with Crippen molar-refractivity contribution < 1.29 is 9.59 Å². The van der Waals surface area contributed by atoms with Gasteiger partial charge in [-0.1, -0.05) is 28.1 Å². The quantitative estimate of drug-likeness (QED) is 0.870. The summed E-state index contributed by atoms with van der Waals surface area (Å²) in [5, 5.41) is 5.64. The van der Waals surface area contributed by atoms with Crippen LogP contribution in [-0.4, -0.2) is 17.9 Å². The molecule has 1 heterocycles. The molecule has 94 valence electrons. The third kappa shape index (κ3) is 2.14. The summed E-state index contributed by atoms with van der Waals surface area (Å²) in [6.07, 6.45) is 2.06. The lowest BCUT2D eigenvalue weighted by molar-refractivity contribution is -0.137. The van der Waals surface area contributed by atoms with Gasteiger partial charge < -0.3 is 10.6 Å². The van der Waals surface area contributed by atoms with E-state index in [9.17, 15) is 9.59 Å². The van der Waals surface area contributed by atoms with Gasteiger partial charge in [0.1, 0.15) is 12.1 Å². The highest BCUT2D eigenvalue weighted by Gasteiger charge is 2.42. The summed E-state index contributed by atoms with van der Waals surface area (Å²) >= 11 is 3.35. The number of carbonyl (C=O) groups is 2. The van der Waals surface area contributed by atoms with Gasteiger partial charge in [-0.3, -0.25) is 9.59 Å². The van der Waals surface area contributed by atoms with Crippen LogP contribution in [0.3, 0.4) is 0 Å². The van der Waals surface area contributed by atoms with E-state index in [0.29, 0.717) is 5.92 Å². The van der Waals surface area contributed by atoms with Gasteiger partial charge >= 0.3 is 0 Å². The van der Waals surface area contributed by atoms with Crippen LogP contribution in [0.25, 0.3) is 0 Å². The number of halogens is 1. The van der Waals surface area contributed by atoms with Crippen LogP contribution in [0.1, 0.15) is 24.4 Å². The topological polar surface area (TPSA) is 58.2 Å². The van der Waals surface area contributed by atoms with Gasteiger partial charge in [0.25, 0.3) is 0 Å². The number of hydrogen-bond acceptors (Lipinski definition) is 2. The molecule has 3 rings (SSSR count). The molecule has 1 aliphatic heterocycles. The number of hydrogen-bond donors (Lipinski definition) is 2. The van der Waals surface area contributed by atoms with Crippen molar-refractivity contribution in [3.63, 3.8) is 0 Å². The predicted molar refractivity (Wildman–Crippen MR) is 69.7 cm³/mol. The van der Waals surface area contributed by atoms with Crippen LogP contribution in [0, 0.1) is 5.92 Å². The Morgan fingerprint density at radius 2 is 1.67 bits per heavy atom. The second-order valence-electron chi connectivity index (χ2n) is 4.82. The van der Waals surface area contributed by atoms with Gasteiger partial charge in [-0.15, -0.1) is 0 Å². The molecule has 1 aromatic carbocycles. The minimum Gasteiger partial charge on any atom is -0.342 e. The second-order valence-corrected chi connectivity index (χ2v) is 5.73. The lowest BCUT2D eigenvalue weighted by Gasteiger charge is -2.29.